The van der Waals surface area contributed by atoms with Gasteiger partial charge in [0.05, 0.1) is 11.3 Å². The average molecular weight is 301 g/mol. The summed E-state index contributed by atoms with van der Waals surface area (Å²) in [6, 6.07) is 3.18. The number of hydrogen-bond donors (Lipinski definition) is 2. The SMILES string of the molecule is CC(=O)c1cc(Br)cc(N)c1OC(C)C(N)=O. The number of anilines is 1. The summed E-state index contributed by atoms with van der Waals surface area (Å²) in [7, 11) is 0. The predicted octanol–water partition coefficient (Wildman–Crippen LogP) is 1.49. The number of benzene rings is 1. The third-order valence-electron chi connectivity index (χ3n) is 2.16. The van der Waals surface area contributed by atoms with Crippen LogP contribution in [0, 0.1) is 0 Å². The molecule has 1 aromatic carbocycles. The van der Waals surface area contributed by atoms with E-state index in [2.05, 4.69) is 15.9 Å². The maximum atomic E-state index is 11.4. The fraction of sp³-hybridized carbons (Fsp3) is 0.273. The quantitative estimate of drug-likeness (QED) is 0.650. The molecule has 0 radical (unpaired) electrons. The van der Waals surface area contributed by atoms with Gasteiger partial charge >= 0.3 is 0 Å². The predicted molar refractivity (Wildman–Crippen MR) is 67.8 cm³/mol. The second-order valence-corrected chi connectivity index (χ2v) is 4.51. The van der Waals surface area contributed by atoms with E-state index in [4.69, 9.17) is 16.2 Å². The van der Waals surface area contributed by atoms with Gasteiger partial charge in [0.25, 0.3) is 5.91 Å². The Hall–Kier alpha value is -1.56. The highest BCUT2D eigenvalue weighted by Gasteiger charge is 2.18. The van der Waals surface area contributed by atoms with Crippen molar-refractivity contribution in [3.05, 3.63) is 22.2 Å². The van der Waals surface area contributed by atoms with Crippen LogP contribution in [0.5, 0.6) is 5.75 Å². The van der Waals surface area contributed by atoms with Gasteiger partial charge < -0.3 is 16.2 Å². The molecule has 0 saturated heterocycles. The third-order valence-corrected chi connectivity index (χ3v) is 2.61. The standard InChI is InChI=1S/C11H13BrN2O3/c1-5(15)8-3-7(12)4-9(13)10(8)17-6(2)11(14)16/h3-4,6H,13H2,1-2H3,(H2,14,16). The minimum Gasteiger partial charge on any atom is -0.478 e. The molecule has 0 aliphatic heterocycles. The van der Waals surface area contributed by atoms with Gasteiger partial charge in [-0.1, -0.05) is 15.9 Å². The Morgan fingerprint density at radius 2 is 2.00 bits per heavy atom. The fourth-order valence-electron chi connectivity index (χ4n) is 1.24. The largest absolute Gasteiger partial charge is 0.478 e. The molecule has 0 bridgehead atoms. The van der Waals surface area contributed by atoms with E-state index in [1.165, 1.54) is 13.8 Å². The van der Waals surface area contributed by atoms with E-state index in [9.17, 15) is 9.59 Å². The molecule has 4 N–H and O–H groups in total. The van der Waals surface area contributed by atoms with Crippen molar-refractivity contribution in [2.45, 2.75) is 20.0 Å². The maximum Gasteiger partial charge on any atom is 0.258 e. The van der Waals surface area contributed by atoms with Gasteiger partial charge in [-0.25, -0.2) is 0 Å². The van der Waals surface area contributed by atoms with Crippen LogP contribution in [0.2, 0.25) is 0 Å². The molecule has 0 saturated carbocycles. The van der Waals surface area contributed by atoms with Crippen molar-refractivity contribution >= 4 is 33.3 Å². The molecular formula is C11H13BrN2O3. The summed E-state index contributed by atoms with van der Waals surface area (Å²) in [4.78, 5) is 22.4. The highest BCUT2D eigenvalue weighted by molar-refractivity contribution is 9.10. The van der Waals surface area contributed by atoms with Crippen LogP contribution >= 0.6 is 15.9 Å². The molecule has 17 heavy (non-hydrogen) atoms. The van der Waals surface area contributed by atoms with Crippen molar-refractivity contribution in [2.75, 3.05) is 5.73 Å². The number of carbonyl (C=O) groups excluding carboxylic acids is 2. The van der Waals surface area contributed by atoms with E-state index in [-0.39, 0.29) is 17.2 Å². The van der Waals surface area contributed by atoms with Crippen molar-refractivity contribution in [3.63, 3.8) is 0 Å². The topological polar surface area (TPSA) is 95.4 Å². The lowest BCUT2D eigenvalue weighted by Gasteiger charge is -2.16. The molecule has 92 valence electrons. The Morgan fingerprint density at radius 3 is 2.47 bits per heavy atom. The van der Waals surface area contributed by atoms with E-state index in [1.807, 2.05) is 0 Å². The van der Waals surface area contributed by atoms with E-state index in [0.29, 0.717) is 10.0 Å². The molecule has 0 heterocycles. The van der Waals surface area contributed by atoms with Gasteiger partial charge in [-0.3, -0.25) is 9.59 Å². The first-order valence-corrected chi connectivity index (χ1v) is 5.68. The lowest BCUT2D eigenvalue weighted by molar-refractivity contribution is -0.123. The molecule has 0 spiro atoms. The summed E-state index contributed by atoms with van der Waals surface area (Å²) < 4.78 is 5.98. The van der Waals surface area contributed by atoms with Crippen molar-refractivity contribution in [2.24, 2.45) is 5.73 Å². The first kappa shape index (κ1) is 13.5. The number of Topliss-reactive ketones (excluding diaryl/α,β-unsaturated/α-hetero) is 1. The summed E-state index contributed by atoms with van der Waals surface area (Å²) in [5.41, 5.74) is 11.4. The van der Waals surface area contributed by atoms with Gasteiger partial charge in [-0.05, 0) is 26.0 Å². The minimum absolute atomic E-state index is 0.187. The van der Waals surface area contributed by atoms with E-state index in [0.717, 1.165) is 0 Å². The molecule has 1 aromatic rings. The van der Waals surface area contributed by atoms with E-state index >= 15 is 0 Å². The summed E-state index contributed by atoms with van der Waals surface area (Å²) in [6.07, 6.45) is -0.850. The van der Waals surface area contributed by atoms with Gasteiger partial charge in [-0.15, -0.1) is 0 Å². The van der Waals surface area contributed by atoms with E-state index in [1.54, 1.807) is 12.1 Å². The highest BCUT2D eigenvalue weighted by Crippen LogP contribution is 2.31. The Morgan fingerprint density at radius 1 is 1.41 bits per heavy atom. The molecule has 0 aliphatic carbocycles. The normalized spacial score (nSPS) is 11.9. The first-order valence-electron chi connectivity index (χ1n) is 4.89. The van der Waals surface area contributed by atoms with Gasteiger partial charge in [-0.2, -0.15) is 0 Å². The number of ether oxygens (including phenoxy) is 1. The Labute approximate surface area is 107 Å². The molecule has 6 heteroatoms. The van der Waals surface area contributed by atoms with Crippen LogP contribution in [0.3, 0.4) is 0 Å². The molecular weight excluding hydrogens is 288 g/mol. The Kier molecular flexibility index (Phi) is 4.11. The molecule has 0 fully saturated rings. The third kappa shape index (κ3) is 3.20. The van der Waals surface area contributed by atoms with Crippen molar-refractivity contribution in [1.29, 1.82) is 0 Å². The van der Waals surface area contributed by atoms with Crippen LogP contribution in [0.4, 0.5) is 5.69 Å². The number of rotatable bonds is 4. The number of primary amides is 1. The number of hydrogen-bond acceptors (Lipinski definition) is 4. The zero-order valence-corrected chi connectivity index (χ0v) is 11.1. The van der Waals surface area contributed by atoms with Crippen LogP contribution in [0.15, 0.2) is 16.6 Å². The number of ketones is 1. The van der Waals surface area contributed by atoms with Gasteiger partial charge in [0, 0.05) is 4.47 Å². The minimum atomic E-state index is -0.850. The summed E-state index contributed by atoms with van der Waals surface area (Å²) in [5.74, 6) is -0.640. The van der Waals surface area contributed by atoms with Crippen LogP contribution < -0.4 is 16.2 Å². The smallest absolute Gasteiger partial charge is 0.258 e. The van der Waals surface area contributed by atoms with Crippen LogP contribution in [0.1, 0.15) is 24.2 Å². The Balaban J connectivity index is 3.21. The number of carbonyl (C=O) groups is 2. The van der Waals surface area contributed by atoms with Crippen molar-refractivity contribution in [1.82, 2.24) is 0 Å². The zero-order chi connectivity index (χ0) is 13.2. The summed E-state index contributed by atoms with van der Waals surface area (Å²) in [5, 5.41) is 0. The van der Waals surface area contributed by atoms with Crippen LogP contribution in [-0.4, -0.2) is 17.8 Å². The monoisotopic (exact) mass is 300 g/mol. The van der Waals surface area contributed by atoms with Gasteiger partial charge in [0.1, 0.15) is 0 Å². The number of halogens is 1. The lowest BCUT2D eigenvalue weighted by atomic mass is 10.1. The zero-order valence-electron chi connectivity index (χ0n) is 9.49. The summed E-state index contributed by atoms with van der Waals surface area (Å²) >= 11 is 3.23. The van der Waals surface area contributed by atoms with E-state index < -0.39 is 12.0 Å². The molecule has 1 unspecified atom stereocenters. The fourth-order valence-corrected chi connectivity index (χ4v) is 1.72. The molecule has 5 nitrogen and oxygen atoms in total. The second-order valence-electron chi connectivity index (χ2n) is 3.59. The molecule has 1 amide bonds. The number of amides is 1. The second kappa shape index (κ2) is 5.18. The van der Waals surface area contributed by atoms with Crippen molar-refractivity contribution in [3.8, 4) is 5.75 Å². The van der Waals surface area contributed by atoms with Gasteiger partial charge in [0.15, 0.2) is 17.6 Å². The lowest BCUT2D eigenvalue weighted by Crippen LogP contribution is -2.31. The molecule has 1 rings (SSSR count). The molecule has 0 aliphatic rings. The number of nitrogen functional groups attached to an aromatic ring is 1. The highest BCUT2D eigenvalue weighted by atomic mass is 79.9. The molecule has 1 atom stereocenters. The average Bonchev–Trinajstić information content (AvgIpc) is 2.20. The molecule has 0 aromatic heterocycles. The number of nitrogens with two attached hydrogens (primary N) is 2. The Bertz CT molecular complexity index is 474. The maximum absolute atomic E-state index is 11.4. The van der Waals surface area contributed by atoms with Crippen LogP contribution in [0.25, 0.3) is 0 Å². The van der Waals surface area contributed by atoms with Gasteiger partial charge in [0.2, 0.25) is 0 Å². The first-order chi connectivity index (χ1) is 7.82. The van der Waals surface area contributed by atoms with Crippen molar-refractivity contribution < 1.29 is 14.3 Å². The summed E-state index contributed by atoms with van der Waals surface area (Å²) in [6.45, 7) is 2.89. The van der Waals surface area contributed by atoms with Crippen LogP contribution in [-0.2, 0) is 4.79 Å².